The number of hydrogen-bond acceptors (Lipinski definition) is 9. The van der Waals surface area contributed by atoms with Gasteiger partial charge in [0.15, 0.2) is 0 Å². The van der Waals surface area contributed by atoms with Crippen LogP contribution in [0.1, 0.15) is 85.4 Å². The van der Waals surface area contributed by atoms with Gasteiger partial charge in [0.05, 0.1) is 26.9 Å². The number of phenols is 1. The van der Waals surface area contributed by atoms with Gasteiger partial charge in [-0.1, -0.05) is 83.1 Å². The Balaban J connectivity index is 0.000000505. The van der Waals surface area contributed by atoms with E-state index >= 15 is 0 Å². The molecule has 0 aliphatic carbocycles. The number of ether oxygens (including phenoxy) is 1. The molecule has 0 fully saturated rings. The largest absolute Gasteiger partial charge is 0.543 e. The second-order valence-electron chi connectivity index (χ2n) is 11.9. The van der Waals surface area contributed by atoms with Crippen LogP contribution in [0, 0.1) is 0 Å². The minimum absolute atomic E-state index is 0. The van der Waals surface area contributed by atoms with Crippen molar-refractivity contribution < 1.29 is 38.6 Å². The Bertz CT molecular complexity index is 1800. The summed E-state index contributed by atoms with van der Waals surface area (Å²) in [5.41, 5.74) is 1.67. The lowest BCUT2D eigenvalue weighted by Gasteiger charge is -2.36. The second kappa shape index (κ2) is 18.9. The van der Waals surface area contributed by atoms with E-state index in [1.165, 1.54) is 31.4 Å². The molecule has 10 nitrogen and oxygen atoms in total. The van der Waals surface area contributed by atoms with Gasteiger partial charge in [-0.3, -0.25) is 9.59 Å². The van der Waals surface area contributed by atoms with Gasteiger partial charge in [0.2, 0.25) is 8.32 Å². The lowest BCUT2D eigenvalue weighted by atomic mass is 10.2. The maximum Gasteiger partial charge on any atom is 0.349 e. The number of aromatic hydroxyl groups is 1. The molecule has 0 aliphatic heterocycles. The molecule has 0 unspecified atom stereocenters. The monoisotopic (exact) mass is 782 g/mol. The molecule has 0 saturated heterocycles. The third-order valence-electron chi connectivity index (χ3n) is 7.28. The van der Waals surface area contributed by atoms with E-state index in [9.17, 15) is 24.3 Å². The van der Waals surface area contributed by atoms with E-state index in [4.69, 9.17) is 32.7 Å². The molecular weight excluding hydrogens is 740 g/mol. The molecule has 0 aliphatic rings. The summed E-state index contributed by atoms with van der Waals surface area (Å²) in [6.07, 6.45) is 0. The number of hydrogen-bond donors (Lipinski definition) is 4. The third-order valence-corrected chi connectivity index (χ3v) is 14.7. The Morgan fingerprint density at radius 1 is 0.800 bits per heavy atom. The van der Waals surface area contributed by atoms with E-state index in [1.54, 1.807) is 12.1 Å². The number of halogens is 2. The van der Waals surface area contributed by atoms with Gasteiger partial charge in [0.25, 0.3) is 11.8 Å². The second-order valence-corrected chi connectivity index (χ2v) is 19.6. The minimum atomic E-state index is -1.93. The number of aromatic carboxylic acids is 1. The van der Waals surface area contributed by atoms with E-state index in [0.29, 0.717) is 11.4 Å². The van der Waals surface area contributed by atoms with Gasteiger partial charge in [-0.15, -0.1) is 22.7 Å². The van der Waals surface area contributed by atoms with E-state index in [1.807, 2.05) is 24.3 Å². The zero-order valence-electron chi connectivity index (χ0n) is 27.1. The first-order valence-electron chi connectivity index (χ1n) is 14.4. The molecule has 4 aromatic rings. The maximum absolute atomic E-state index is 12.4. The van der Waals surface area contributed by atoms with Gasteiger partial charge >= 0.3 is 11.9 Å². The molecule has 0 radical (unpaired) electrons. The molecule has 15 heteroatoms. The predicted octanol–water partition coefficient (Wildman–Crippen LogP) is 9.51. The summed E-state index contributed by atoms with van der Waals surface area (Å²) in [5, 5.41) is 24.0. The Morgan fingerprint density at radius 2 is 1.28 bits per heavy atom. The van der Waals surface area contributed by atoms with Crippen LogP contribution in [0.2, 0.25) is 28.2 Å². The van der Waals surface area contributed by atoms with Gasteiger partial charge in [0, 0.05) is 13.1 Å². The smallest absolute Gasteiger partial charge is 0.349 e. The molecular formula is C35H44Cl2N2O8S2Si. The number of thiophene rings is 2. The summed E-state index contributed by atoms with van der Waals surface area (Å²) in [6, 6.07) is 17.0. The first-order chi connectivity index (χ1) is 22.4. The summed E-state index contributed by atoms with van der Waals surface area (Å²) in [4.78, 5) is 47.5. The zero-order valence-corrected chi connectivity index (χ0v) is 31.2. The van der Waals surface area contributed by atoms with Crippen LogP contribution in [0.3, 0.4) is 0 Å². The fraction of sp³-hybridized carbons (Fsp3) is 0.314. The topological polar surface area (TPSA) is 151 Å². The molecule has 0 bridgehead atoms. The lowest BCUT2D eigenvalue weighted by Crippen LogP contribution is -2.43. The van der Waals surface area contributed by atoms with Crippen molar-refractivity contribution >= 4 is 77.9 Å². The number of carbonyl (C=O) groups excluding carboxylic acids is 3. The number of rotatable bonds is 10. The van der Waals surface area contributed by atoms with Gasteiger partial charge < -0.3 is 30.0 Å². The standard InChI is InChI=1S/C20H26ClNO4SSi.C13H10ClNO4S.2CH4/c1-20(2,3)28(5,6)26-14-9-7-8-13(10-14)12-22-18(23)16-11-15(21)17(27-16)19(24)25-4;14-9-5-10(20-11(9)13(18)19)12(17)15-6-7-2-1-3-8(16)4-7;;/h7-11H,12H2,1-6H3,(H,22,23);1-5,16H,6H2,(H,15,17)(H,18,19);2*1H4. The lowest BCUT2D eigenvalue weighted by molar-refractivity contribution is 0.0605. The van der Waals surface area contributed by atoms with Crippen molar-refractivity contribution in [3.63, 3.8) is 0 Å². The number of amides is 2. The normalized spacial score (nSPS) is 10.7. The van der Waals surface area contributed by atoms with E-state index in [2.05, 4.69) is 49.2 Å². The predicted molar refractivity (Wildman–Crippen MR) is 205 cm³/mol. The molecule has 4 rings (SSSR count). The fourth-order valence-corrected chi connectivity index (χ4v) is 7.16. The summed E-state index contributed by atoms with van der Waals surface area (Å²) in [6.45, 7) is 11.5. The Hall–Kier alpha value is -3.88. The molecule has 0 saturated carbocycles. The molecule has 0 spiro atoms. The molecule has 50 heavy (non-hydrogen) atoms. The van der Waals surface area contributed by atoms with Gasteiger partial charge in [-0.2, -0.15) is 0 Å². The molecule has 2 aromatic carbocycles. The SMILES string of the molecule is C.C.COC(=O)c1sc(C(=O)NCc2cccc(O[Si](C)(C)C(C)(C)C)c2)cc1Cl.O=C(NCc1cccc(O)c1)c1cc(Cl)c(C(=O)O)s1. The van der Waals surface area contributed by atoms with Crippen molar-refractivity contribution in [2.24, 2.45) is 0 Å². The van der Waals surface area contributed by atoms with Crippen LogP contribution in [0.4, 0.5) is 0 Å². The van der Waals surface area contributed by atoms with Crippen molar-refractivity contribution in [3.05, 3.63) is 101 Å². The Morgan fingerprint density at radius 3 is 1.74 bits per heavy atom. The number of carboxylic acids is 1. The Kier molecular flexibility index (Phi) is 16.7. The van der Waals surface area contributed by atoms with Crippen molar-refractivity contribution in [1.82, 2.24) is 10.6 Å². The number of carbonyl (C=O) groups is 4. The Labute approximate surface area is 312 Å². The number of esters is 1. The number of nitrogens with one attached hydrogen (secondary N) is 2. The molecule has 2 aromatic heterocycles. The van der Waals surface area contributed by atoms with Crippen molar-refractivity contribution in [1.29, 1.82) is 0 Å². The average molecular weight is 784 g/mol. The fourth-order valence-electron chi connectivity index (χ4n) is 3.71. The number of methoxy groups -OCH3 is 1. The van der Waals surface area contributed by atoms with Crippen LogP contribution in [-0.2, 0) is 17.8 Å². The maximum atomic E-state index is 12.4. The van der Waals surface area contributed by atoms with Crippen molar-refractivity contribution in [2.45, 2.75) is 66.8 Å². The van der Waals surface area contributed by atoms with Crippen molar-refractivity contribution in [2.75, 3.05) is 7.11 Å². The van der Waals surface area contributed by atoms with Crippen LogP contribution in [0.25, 0.3) is 0 Å². The molecule has 272 valence electrons. The number of phenolic OH excluding ortho intramolecular Hbond substituents is 1. The third kappa shape index (κ3) is 12.2. The highest BCUT2D eigenvalue weighted by molar-refractivity contribution is 7.17. The summed E-state index contributed by atoms with van der Waals surface area (Å²) >= 11 is 13.6. The van der Waals surface area contributed by atoms with Gasteiger partial charge in [0.1, 0.15) is 21.3 Å². The molecule has 0 atom stereocenters. The van der Waals surface area contributed by atoms with Gasteiger partial charge in [-0.25, -0.2) is 9.59 Å². The first kappa shape index (κ1) is 44.1. The van der Waals surface area contributed by atoms with E-state index in [-0.39, 0.29) is 62.8 Å². The number of benzene rings is 2. The van der Waals surface area contributed by atoms with Crippen LogP contribution in [-0.4, -0.2) is 49.4 Å². The van der Waals surface area contributed by atoms with Crippen LogP contribution in [0.15, 0.2) is 60.7 Å². The van der Waals surface area contributed by atoms with Crippen LogP contribution >= 0.6 is 45.9 Å². The van der Waals surface area contributed by atoms with E-state index in [0.717, 1.165) is 39.5 Å². The highest BCUT2D eigenvalue weighted by Gasteiger charge is 2.39. The zero-order chi connectivity index (χ0) is 35.8. The summed E-state index contributed by atoms with van der Waals surface area (Å²) in [7, 11) is -0.653. The molecule has 4 N–H and O–H groups in total. The molecule has 2 heterocycles. The summed E-state index contributed by atoms with van der Waals surface area (Å²) < 4.78 is 11.0. The van der Waals surface area contributed by atoms with E-state index < -0.39 is 26.2 Å². The average Bonchev–Trinajstić information content (AvgIpc) is 3.61. The number of carboxylic acid groups (broad SMARTS) is 1. The van der Waals surface area contributed by atoms with Crippen molar-refractivity contribution in [3.8, 4) is 11.5 Å². The quantitative estimate of drug-likeness (QED) is 0.0918. The van der Waals surface area contributed by atoms with Crippen LogP contribution < -0.4 is 15.1 Å². The molecule has 2 amide bonds. The van der Waals surface area contributed by atoms with Crippen LogP contribution in [0.5, 0.6) is 11.5 Å². The highest BCUT2D eigenvalue weighted by atomic mass is 35.5. The van der Waals surface area contributed by atoms with Gasteiger partial charge in [-0.05, 0) is 65.7 Å². The summed E-state index contributed by atoms with van der Waals surface area (Å²) in [5.74, 6) is -1.49. The minimum Gasteiger partial charge on any atom is -0.543 e. The first-order valence-corrected chi connectivity index (χ1v) is 19.7. The highest BCUT2D eigenvalue weighted by Crippen LogP contribution is 2.37.